The number of carbonyl (C=O) groups excluding carboxylic acids is 2. The van der Waals surface area contributed by atoms with Crippen LogP contribution in [0.5, 0.6) is 0 Å². The summed E-state index contributed by atoms with van der Waals surface area (Å²) in [6.45, 7) is 4.40. The third-order valence-electron chi connectivity index (χ3n) is 6.56. The van der Waals surface area contributed by atoms with Crippen LogP contribution in [0, 0.1) is 13.8 Å². The number of hydrogen-bond acceptors (Lipinski definition) is 3. The molecule has 0 saturated heterocycles. The molecule has 0 saturated carbocycles. The first-order chi connectivity index (χ1) is 16.4. The number of hydrogen-bond donors (Lipinski definition) is 1. The van der Waals surface area contributed by atoms with Crippen LogP contribution in [-0.2, 0) is 16.9 Å². The van der Waals surface area contributed by atoms with Crippen molar-refractivity contribution < 1.29 is 14.7 Å². The van der Waals surface area contributed by atoms with Crippen molar-refractivity contribution in [2.75, 3.05) is 4.90 Å². The smallest absolute Gasteiger partial charge is 0.264 e. The summed E-state index contributed by atoms with van der Waals surface area (Å²) in [7, 11) is 0. The van der Waals surface area contributed by atoms with Gasteiger partial charge in [0.25, 0.3) is 5.91 Å². The number of anilines is 1. The van der Waals surface area contributed by atoms with Crippen LogP contribution in [0.1, 0.15) is 39.3 Å². The summed E-state index contributed by atoms with van der Waals surface area (Å²) in [5.74, 6) is -0.749. The molecule has 3 aromatic carbocycles. The molecule has 0 spiro atoms. The van der Waals surface area contributed by atoms with Gasteiger partial charge in [0.2, 0.25) is 0 Å². The van der Waals surface area contributed by atoms with Crippen LogP contribution in [0.15, 0.2) is 91.0 Å². The largest absolute Gasteiger partial charge is 0.375 e. The molecule has 2 heterocycles. The number of aliphatic hydroxyl groups is 1. The SMILES string of the molecule is Cc1ccc(C)n1-c1ccc(C(=O)C[C@]2(O)C(=O)N(Cc3ccccc3)c3ccccc32)cc1. The van der Waals surface area contributed by atoms with E-state index in [1.807, 2.05) is 80.6 Å². The van der Waals surface area contributed by atoms with Gasteiger partial charge >= 0.3 is 0 Å². The van der Waals surface area contributed by atoms with Crippen LogP contribution in [0.2, 0.25) is 0 Å². The Bertz CT molecular complexity index is 1350. The number of para-hydroxylation sites is 1. The first-order valence-electron chi connectivity index (χ1n) is 11.3. The fraction of sp³-hybridized carbons (Fsp3) is 0.172. The number of ketones is 1. The standard InChI is InChI=1S/C29H26N2O3/c1-20-12-13-21(2)31(20)24-16-14-23(15-17-24)27(32)18-29(34)25-10-6-7-11-26(25)30(28(29)33)19-22-8-4-3-5-9-22/h3-17,34H,18-19H2,1-2H3/t29-/m1/s1. The van der Waals surface area contributed by atoms with E-state index >= 15 is 0 Å². The lowest BCUT2D eigenvalue weighted by Gasteiger charge is -2.23. The quantitative estimate of drug-likeness (QED) is 0.416. The van der Waals surface area contributed by atoms with Gasteiger partial charge in [0.1, 0.15) is 0 Å². The molecule has 0 aliphatic carbocycles. The summed E-state index contributed by atoms with van der Waals surface area (Å²) in [6.07, 6.45) is -0.310. The number of fused-ring (bicyclic) bond motifs is 1. The van der Waals surface area contributed by atoms with E-state index in [9.17, 15) is 14.7 Å². The fourth-order valence-electron chi connectivity index (χ4n) is 4.81. The molecule has 1 atom stereocenters. The molecule has 0 fully saturated rings. The highest BCUT2D eigenvalue weighted by molar-refractivity contribution is 6.10. The molecule has 0 bridgehead atoms. The molecule has 34 heavy (non-hydrogen) atoms. The Morgan fingerprint density at radius 2 is 1.44 bits per heavy atom. The van der Waals surface area contributed by atoms with E-state index in [2.05, 4.69) is 4.57 Å². The average Bonchev–Trinajstić information content (AvgIpc) is 3.29. The van der Waals surface area contributed by atoms with Crippen molar-refractivity contribution in [3.05, 3.63) is 119 Å². The Labute approximate surface area is 198 Å². The minimum Gasteiger partial charge on any atom is -0.375 e. The van der Waals surface area contributed by atoms with E-state index < -0.39 is 11.5 Å². The summed E-state index contributed by atoms with van der Waals surface area (Å²) in [5.41, 5.74) is 3.81. The molecular formula is C29H26N2O3. The van der Waals surface area contributed by atoms with Gasteiger partial charge in [-0.2, -0.15) is 0 Å². The van der Waals surface area contributed by atoms with Crippen molar-refractivity contribution in [2.45, 2.75) is 32.4 Å². The van der Waals surface area contributed by atoms with Crippen LogP contribution in [0.25, 0.3) is 5.69 Å². The number of Topliss-reactive ketones (excluding diaryl/α,β-unsaturated/α-hetero) is 1. The van der Waals surface area contributed by atoms with E-state index in [1.165, 1.54) is 0 Å². The second-order valence-corrected chi connectivity index (χ2v) is 8.85. The zero-order valence-electron chi connectivity index (χ0n) is 19.2. The van der Waals surface area contributed by atoms with E-state index in [0.717, 1.165) is 22.6 Å². The highest BCUT2D eigenvalue weighted by Crippen LogP contribution is 2.43. The number of amides is 1. The molecule has 5 heteroatoms. The Morgan fingerprint density at radius 1 is 0.824 bits per heavy atom. The average molecular weight is 451 g/mol. The van der Waals surface area contributed by atoms with Gasteiger partial charge < -0.3 is 14.6 Å². The molecule has 4 aromatic rings. The summed E-state index contributed by atoms with van der Waals surface area (Å²) in [6, 6.07) is 28.2. The van der Waals surface area contributed by atoms with Crippen molar-refractivity contribution in [1.29, 1.82) is 0 Å². The monoisotopic (exact) mass is 450 g/mol. The molecule has 1 amide bonds. The summed E-state index contributed by atoms with van der Waals surface area (Å²) < 4.78 is 2.11. The molecular weight excluding hydrogens is 424 g/mol. The fourth-order valence-corrected chi connectivity index (χ4v) is 4.81. The molecule has 5 nitrogen and oxygen atoms in total. The van der Waals surface area contributed by atoms with Gasteiger partial charge in [-0.1, -0.05) is 48.5 Å². The maximum absolute atomic E-state index is 13.5. The van der Waals surface area contributed by atoms with Crippen molar-refractivity contribution in [3.63, 3.8) is 0 Å². The predicted molar refractivity (Wildman–Crippen MR) is 132 cm³/mol. The molecule has 0 radical (unpaired) electrons. The molecule has 0 unspecified atom stereocenters. The lowest BCUT2D eigenvalue weighted by Crippen LogP contribution is -2.41. The zero-order chi connectivity index (χ0) is 23.9. The van der Waals surface area contributed by atoms with Gasteiger partial charge in [-0.15, -0.1) is 0 Å². The summed E-state index contributed by atoms with van der Waals surface area (Å²) >= 11 is 0. The van der Waals surface area contributed by atoms with Crippen LogP contribution in [0.3, 0.4) is 0 Å². The predicted octanol–water partition coefficient (Wildman–Crippen LogP) is 5.10. The lowest BCUT2D eigenvalue weighted by atomic mass is 9.88. The minimum absolute atomic E-state index is 0.278. The third kappa shape index (κ3) is 3.64. The van der Waals surface area contributed by atoms with Crippen LogP contribution >= 0.6 is 0 Å². The Kier molecular flexibility index (Phi) is 5.42. The molecule has 1 aliphatic heterocycles. The second kappa shape index (κ2) is 8.43. The zero-order valence-corrected chi connectivity index (χ0v) is 19.2. The van der Waals surface area contributed by atoms with E-state index in [1.54, 1.807) is 29.2 Å². The second-order valence-electron chi connectivity index (χ2n) is 8.85. The third-order valence-corrected chi connectivity index (χ3v) is 6.56. The van der Waals surface area contributed by atoms with Crippen molar-refractivity contribution in [2.24, 2.45) is 0 Å². The van der Waals surface area contributed by atoms with Gasteiger partial charge in [-0.3, -0.25) is 9.59 Å². The van der Waals surface area contributed by atoms with Crippen LogP contribution in [0.4, 0.5) is 5.69 Å². The van der Waals surface area contributed by atoms with Gasteiger partial charge in [-0.25, -0.2) is 0 Å². The van der Waals surface area contributed by atoms with Crippen molar-refractivity contribution in [3.8, 4) is 5.69 Å². The van der Waals surface area contributed by atoms with Gasteiger partial charge in [0.05, 0.1) is 18.7 Å². The number of carbonyl (C=O) groups is 2. The van der Waals surface area contributed by atoms with Gasteiger partial charge in [0.15, 0.2) is 11.4 Å². The van der Waals surface area contributed by atoms with E-state index in [4.69, 9.17) is 0 Å². The highest BCUT2D eigenvalue weighted by atomic mass is 16.3. The Hall–Kier alpha value is -3.96. The van der Waals surface area contributed by atoms with E-state index in [0.29, 0.717) is 23.4 Å². The van der Waals surface area contributed by atoms with Crippen LogP contribution in [-0.4, -0.2) is 21.4 Å². The normalized spacial score (nSPS) is 17.1. The maximum atomic E-state index is 13.5. The van der Waals surface area contributed by atoms with Crippen molar-refractivity contribution >= 4 is 17.4 Å². The summed E-state index contributed by atoms with van der Waals surface area (Å²) in [5, 5.41) is 11.6. The highest BCUT2D eigenvalue weighted by Gasteiger charge is 2.50. The molecule has 170 valence electrons. The lowest BCUT2D eigenvalue weighted by molar-refractivity contribution is -0.136. The minimum atomic E-state index is -1.89. The molecule has 5 rings (SSSR count). The Morgan fingerprint density at radius 3 is 2.12 bits per heavy atom. The summed E-state index contributed by atoms with van der Waals surface area (Å²) in [4.78, 5) is 28.2. The molecule has 1 N–H and O–H groups in total. The number of aryl methyl sites for hydroxylation is 2. The maximum Gasteiger partial charge on any atom is 0.264 e. The Balaban J connectivity index is 1.42. The van der Waals surface area contributed by atoms with E-state index in [-0.39, 0.29) is 12.2 Å². The topological polar surface area (TPSA) is 62.5 Å². The van der Waals surface area contributed by atoms with Gasteiger partial charge in [-0.05, 0) is 61.9 Å². The van der Waals surface area contributed by atoms with Crippen LogP contribution < -0.4 is 4.90 Å². The van der Waals surface area contributed by atoms with Gasteiger partial charge in [0, 0.05) is 28.2 Å². The number of benzene rings is 3. The number of aromatic nitrogens is 1. The first-order valence-corrected chi connectivity index (χ1v) is 11.3. The number of nitrogens with zero attached hydrogens (tertiary/aromatic N) is 2. The first kappa shape index (κ1) is 21.9. The molecule has 1 aromatic heterocycles. The molecule has 1 aliphatic rings. The number of rotatable bonds is 6. The van der Waals surface area contributed by atoms with Crippen molar-refractivity contribution in [1.82, 2.24) is 4.57 Å².